The summed E-state index contributed by atoms with van der Waals surface area (Å²) >= 11 is 0. The molecule has 1 aromatic heterocycles. The molecule has 2 N–H and O–H groups in total. The first-order chi connectivity index (χ1) is 6.20. The molecule has 0 bridgehead atoms. The lowest BCUT2D eigenvalue weighted by molar-refractivity contribution is 0.00921. The van der Waals surface area contributed by atoms with Crippen molar-refractivity contribution in [1.82, 2.24) is 9.55 Å². The molecule has 13 heavy (non-hydrogen) atoms. The zero-order chi connectivity index (χ0) is 9.84. The van der Waals surface area contributed by atoms with Crippen LogP contribution in [0.4, 0.5) is 0 Å². The molecule has 4 heteroatoms. The SMILES string of the molecule is CCC(O)C(O)c1nccn1CC. The van der Waals surface area contributed by atoms with Crippen molar-refractivity contribution in [1.29, 1.82) is 0 Å². The molecule has 2 atom stereocenters. The van der Waals surface area contributed by atoms with Gasteiger partial charge in [-0.1, -0.05) is 6.92 Å². The fourth-order valence-corrected chi connectivity index (χ4v) is 1.25. The van der Waals surface area contributed by atoms with Crippen LogP contribution in [0.1, 0.15) is 32.2 Å². The van der Waals surface area contributed by atoms with Crippen LogP contribution in [0, 0.1) is 0 Å². The molecule has 0 aromatic carbocycles. The molecular weight excluding hydrogens is 168 g/mol. The van der Waals surface area contributed by atoms with Gasteiger partial charge in [0.15, 0.2) is 0 Å². The van der Waals surface area contributed by atoms with E-state index in [1.165, 1.54) is 0 Å². The van der Waals surface area contributed by atoms with Crippen LogP contribution in [0.2, 0.25) is 0 Å². The van der Waals surface area contributed by atoms with E-state index in [0.29, 0.717) is 12.2 Å². The second-order valence-corrected chi connectivity index (χ2v) is 2.99. The summed E-state index contributed by atoms with van der Waals surface area (Å²) in [4.78, 5) is 4.01. The number of imidazole rings is 1. The summed E-state index contributed by atoms with van der Waals surface area (Å²) in [5.74, 6) is 0.539. The number of aliphatic hydroxyl groups excluding tert-OH is 2. The van der Waals surface area contributed by atoms with E-state index in [1.54, 1.807) is 12.4 Å². The van der Waals surface area contributed by atoms with Crippen molar-refractivity contribution in [3.63, 3.8) is 0 Å². The Hall–Kier alpha value is -0.870. The average Bonchev–Trinajstić information content (AvgIpc) is 2.62. The molecule has 0 fully saturated rings. The molecule has 0 saturated carbocycles. The van der Waals surface area contributed by atoms with Crippen LogP contribution >= 0.6 is 0 Å². The Morgan fingerprint density at radius 1 is 1.46 bits per heavy atom. The van der Waals surface area contributed by atoms with E-state index in [1.807, 2.05) is 18.4 Å². The lowest BCUT2D eigenvalue weighted by atomic mass is 10.1. The molecule has 0 aliphatic heterocycles. The lowest BCUT2D eigenvalue weighted by Crippen LogP contribution is -2.20. The van der Waals surface area contributed by atoms with Crippen molar-refractivity contribution in [2.24, 2.45) is 0 Å². The molecule has 1 heterocycles. The average molecular weight is 184 g/mol. The van der Waals surface area contributed by atoms with Gasteiger partial charge in [0.1, 0.15) is 11.9 Å². The zero-order valence-electron chi connectivity index (χ0n) is 8.01. The lowest BCUT2D eigenvalue weighted by Gasteiger charge is -2.16. The van der Waals surface area contributed by atoms with Crippen LogP contribution in [0.15, 0.2) is 12.4 Å². The minimum Gasteiger partial charge on any atom is -0.390 e. The first-order valence-electron chi connectivity index (χ1n) is 4.57. The Bertz CT molecular complexity index is 260. The largest absolute Gasteiger partial charge is 0.390 e. The van der Waals surface area contributed by atoms with Gasteiger partial charge in [-0.15, -0.1) is 0 Å². The first-order valence-corrected chi connectivity index (χ1v) is 4.57. The Morgan fingerprint density at radius 2 is 2.15 bits per heavy atom. The van der Waals surface area contributed by atoms with Crippen LogP contribution < -0.4 is 0 Å². The molecule has 0 saturated heterocycles. The summed E-state index contributed by atoms with van der Waals surface area (Å²) < 4.78 is 1.82. The fraction of sp³-hybridized carbons (Fsp3) is 0.667. The van der Waals surface area contributed by atoms with Crippen molar-refractivity contribution >= 4 is 0 Å². The second-order valence-electron chi connectivity index (χ2n) is 2.99. The maximum absolute atomic E-state index is 9.66. The topological polar surface area (TPSA) is 58.3 Å². The standard InChI is InChI=1S/C9H16N2O2/c1-3-7(12)8(13)9-10-5-6-11(9)4-2/h5-8,12-13H,3-4H2,1-2H3. The molecule has 4 nitrogen and oxygen atoms in total. The van der Waals surface area contributed by atoms with E-state index in [9.17, 15) is 10.2 Å². The normalized spacial score (nSPS) is 15.7. The second kappa shape index (κ2) is 4.39. The third-order valence-electron chi connectivity index (χ3n) is 2.14. The predicted molar refractivity (Wildman–Crippen MR) is 49.2 cm³/mol. The maximum Gasteiger partial charge on any atom is 0.140 e. The van der Waals surface area contributed by atoms with Gasteiger partial charge in [-0.25, -0.2) is 4.98 Å². The molecule has 0 radical (unpaired) electrons. The Kier molecular flexibility index (Phi) is 3.45. The molecule has 0 amide bonds. The smallest absolute Gasteiger partial charge is 0.140 e. The van der Waals surface area contributed by atoms with Gasteiger partial charge in [0.05, 0.1) is 6.10 Å². The van der Waals surface area contributed by atoms with Gasteiger partial charge in [-0.05, 0) is 13.3 Å². The third kappa shape index (κ3) is 2.08. The number of rotatable bonds is 4. The third-order valence-corrected chi connectivity index (χ3v) is 2.14. The molecule has 74 valence electrons. The first kappa shape index (κ1) is 10.2. The van der Waals surface area contributed by atoms with E-state index in [2.05, 4.69) is 4.98 Å². The molecular formula is C9H16N2O2. The number of nitrogens with zero attached hydrogens (tertiary/aromatic N) is 2. The zero-order valence-corrected chi connectivity index (χ0v) is 8.01. The highest BCUT2D eigenvalue weighted by atomic mass is 16.3. The Balaban J connectivity index is 2.81. The Labute approximate surface area is 77.8 Å². The van der Waals surface area contributed by atoms with E-state index < -0.39 is 12.2 Å². The van der Waals surface area contributed by atoms with Gasteiger partial charge in [0, 0.05) is 18.9 Å². The monoisotopic (exact) mass is 184 g/mol. The summed E-state index contributed by atoms with van der Waals surface area (Å²) in [5, 5.41) is 19.1. The van der Waals surface area contributed by atoms with Crippen molar-refractivity contribution in [2.75, 3.05) is 0 Å². The summed E-state index contributed by atoms with van der Waals surface area (Å²) in [6.45, 7) is 4.55. The molecule has 0 aliphatic carbocycles. The molecule has 2 unspecified atom stereocenters. The summed E-state index contributed by atoms with van der Waals surface area (Å²) in [5.41, 5.74) is 0. The number of hydrogen-bond acceptors (Lipinski definition) is 3. The van der Waals surface area contributed by atoms with Crippen LogP contribution in [0.25, 0.3) is 0 Å². The molecule has 0 spiro atoms. The van der Waals surface area contributed by atoms with Crippen molar-refractivity contribution < 1.29 is 10.2 Å². The van der Waals surface area contributed by atoms with E-state index in [4.69, 9.17) is 0 Å². The minimum absolute atomic E-state index is 0.526. The van der Waals surface area contributed by atoms with Gasteiger partial charge < -0.3 is 14.8 Å². The summed E-state index contributed by atoms with van der Waals surface area (Å²) in [7, 11) is 0. The minimum atomic E-state index is -0.875. The van der Waals surface area contributed by atoms with Gasteiger partial charge in [-0.3, -0.25) is 0 Å². The molecule has 0 aliphatic rings. The maximum atomic E-state index is 9.66. The highest BCUT2D eigenvalue weighted by Gasteiger charge is 2.20. The van der Waals surface area contributed by atoms with Gasteiger partial charge >= 0.3 is 0 Å². The quantitative estimate of drug-likeness (QED) is 0.724. The fourth-order valence-electron chi connectivity index (χ4n) is 1.25. The Morgan fingerprint density at radius 3 is 2.69 bits per heavy atom. The highest BCUT2D eigenvalue weighted by Crippen LogP contribution is 2.16. The van der Waals surface area contributed by atoms with Gasteiger partial charge in [0.25, 0.3) is 0 Å². The summed E-state index contributed by atoms with van der Waals surface area (Å²) in [6, 6.07) is 0. The number of hydrogen-bond donors (Lipinski definition) is 2. The molecule has 1 rings (SSSR count). The van der Waals surface area contributed by atoms with Crippen molar-refractivity contribution in [2.45, 2.75) is 39.0 Å². The van der Waals surface area contributed by atoms with E-state index in [0.717, 1.165) is 6.54 Å². The van der Waals surface area contributed by atoms with E-state index >= 15 is 0 Å². The number of aromatic nitrogens is 2. The van der Waals surface area contributed by atoms with Gasteiger partial charge in [-0.2, -0.15) is 0 Å². The highest BCUT2D eigenvalue weighted by molar-refractivity contribution is 4.98. The van der Waals surface area contributed by atoms with Gasteiger partial charge in [0.2, 0.25) is 0 Å². The predicted octanol–water partition coefficient (Wildman–Crippen LogP) is 0.707. The van der Waals surface area contributed by atoms with Crippen molar-refractivity contribution in [3.05, 3.63) is 18.2 Å². The number of aliphatic hydroxyl groups is 2. The van der Waals surface area contributed by atoms with Crippen LogP contribution in [0.3, 0.4) is 0 Å². The number of aryl methyl sites for hydroxylation is 1. The van der Waals surface area contributed by atoms with Crippen molar-refractivity contribution in [3.8, 4) is 0 Å². The van der Waals surface area contributed by atoms with Crippen LogP contribution in [-0.2, 0) is 6.54 Å². The summed E-state index contributed by atoms with van der Waals surface area (Å²) in [6.07, 6.45) is 2.34. The van der Waals surface area contributed by atoms with Crippen LogP contribution in [0.5, 0.6) is 0 Å². The van der Waals surface area contributed by atoms with E-state index in [-0.39, 0.29) is 0 Å². The van der Waals surface area contributed by atoms with Crippen LogP contribution in [-0.4, -0.2) is 25.9 Å². The molecule has 1 aromatic rings.